The predicted molar refractivity (Wildman–Crippen MR) is 94.8 cm³/mol. The van der Waals surface area contributed by atoms with Crippen LogP contribution >= 0.6 is 11.8 Å². The third-order valence-electron chi connectivity index (χ3n) is 3.42. The minimum atomic E-state index is -2.46. The molecule has 0 fully saturated rings. The Hall–Kier alpha value is -2.28. The molecule has 0 aliphatic carbocycles. The summed E-state index contributed by atoms with van der Waals surface area (Å²) in [4.78, 5) is 12.5. The third kappa shape index (κ3) is 6.26. The number of hydrogen-bond acceptors (Lipinski definition) is 4. The summed E-state index contributed by atoms with van der Waals surface area (Å²) in [5.74, 6) is -1.28. The molecule has 2 rings (SSSR count). The van der Waals surface area contributed by atoms with Crippen LogP contribution in [0, 0.1) is 0 Å². The van der Waals surface area contributed by atoms with Gasteiger partial charge in [-0.1, -0.05) is 11.8 Å². The van der Waals surface area contributed by atoms with Gasteiger partial charge in [0, 0.05) is 23.1 Å². The number of methoxy groups -OCH3 is 2. The van der Waals surface area contributed by atoms with E-state index >= 15 is 0 Å². The maximum absolute atomic E-state index is 12.3. The van der Waals surface area contributed by atoms with E-state index in [2.05, 4.69) is 5.32 Å². The second-order valence-corrected chi connectivity index (χ2v) is 6.24. The molecule has 134 valence electrons. The zero-order valence-corrected chi connectivity index (χ0v) is 14.7. The highest BCUT2D eigenvalue weighted by Crippen LogP contribution is 2.26. The first kappa shape index (κ1) is 19.1. The topological polar surface area (TPSA) is 47.6 Å². The summed E-state index contributed by atoms with van der Waals surface area (Å²) in [5, 5.41) is 2.75. The monoisotopic (exact) mass is 367 g/mol. The van der Waals surface area contributed by atoms with Crippen LogP contribution in [0.2, 0.25) is 0 Å². The molecule has 7 heteroatoms. The lowest BCUT2D eigenvalue weighted by atomic mass is 10.1. The van der Waals surface area contributed by atoms with Gasteiger partial charge in [0.15, 0.2) is 0 Å². The van der Waals surface area contributed by atoms with Crippen molar-refractivity contribution in [2.75, 3.05) is 19.5 Å². The zero-order chi connectivity index (χ0) is 18.2. The van der Waals surface area contributed by atoms with Crippen molar-refractivity contribution in [2.45, 2.75) is 23.5 Å². The zero-order valence-electron chi connectivity index (χ0n) is 13.9. The summed E-state index contributed by atoms with van der Waals surface area (Å²) in [7, 11) is 3.14. The first-order valence-electron chi connectivity index (χ1n) is 7.57. The number of alkyl halides is 2. The van der Waals surface area contributed by atoms with E-state index in [0.29, 0.717) is 40.3 Å². The van der Waals surface area contributed by atoms with Crippen LogP contribution in [0.4, 0.5) is 14.5 Å². The van der Waals surface area contributed by atoms with E-state index in [1.807, 2.05) is 12.1 Å². The van der Waals surface area contributed by atoms with E-state index in [-0.39, 0.29) is 12.3 Å². The second-order valence-electron chi connectivity index (χ2n) is 5.17. The lowest BCUT2D eigenvalue weighted by Crippen LogP contribution is -2.12. The van der Waals surface area contributed by atoms with Crippen LogP contribution in [0.5, 0.6) is 11.5 Å². The fourth-order valence-electron chi connectivity index (χ4n) is 2.21. The summed E-state index contributed by atoms with van der Waals surface area (Å²) in [6.45, 7) is 0. The average Bonchev–Trinajstić information content (AvgIpc) is 2.61. The summed E-state index contributed by atoms with van der Waals surface area (Å²) >= 11 is 0.471. The van der Waals surface area contributed by atoms with Gasteiger partial charge in [-0.2, -0.15) is 8.78 Å². The van der Waals surface area contributed by atoms with Crippen molar-refractivity contribution < 1.29 is 23.0 Å². The van der Waals surface area contributed by atoms with Gasteiger partial charge < -0.3 is 14.8 Å². The minimum Gasteiger partial charge on any atom is -0.497 e. The Morgan fingerprint density at radius 1 is 1.08 bits per heavy atom. The summed E-state index contributed by atoms with van der Waals surface area (Å²) < 4.78 is 35.0. The van der Waals surface area contributed by atoms with Gasteiger partial charge in [-0.3, -0.25) is 4.79 Å². The number of amides is 1. The Morgan fingerprint density at radius 2 is 1.68 bits per heavy atom. The predicted octanol–water partition coefficient (Wildman–Crippen LogP) is 4.59. The highest BCUT2D eigenvalue weighted by molar-refractivity contribution is 7.99. The number of carbonyl (C=O) groups is 1. The van der Waals surface area contributed by atoms with Gasteiger partial charge in [0.2, 0.25) is 5.91 Å². The molecule has 25 heavy (non-hydrogen) atoms. The van der Waals surface area contributed by atoms with Gasteiger partial charge in [0.05, 0.1) is 14.2 Å². The number of anilines is 1. The number of nitrogens with one attached hydrogen (secondary N) is 1. The molecular formula is C18H19F2NO3S. The number of thioether (sulfide) groups is 1. The van der Waals surface area contributed by atoms with E-state index in [1.165, 1.54) is 0 Å². The molecule has 0 aliphatic rings. The van der Waals surface area contributed by atoms with Crippen molar-refractivity contribution in [1.82, 2.24) is 0 Å². The van der Waals surface area contributed by atoms with Gasteiger partial charge in [-0.25, -0.2) is 0 Å². The normalized spacial score (nSPS) is 10.6. The van der Waals surface area contributed by atoms with Crippen LogP contribution in [0.25, 0.3) is 0 Å². The maximum atomic E-state index is 12.3. The van der Waals surface area contributed by atoms with Gasteiger partial charge >= 0.3 is 0 Å². The summed E-state index contributed by atoms with van der Waals surface area (Å²) in [6, 6.07) is 11.8. The molecule has 0 spiro atoms. The van der Waals surface area contributed by atoms with E-state index in [9.17, 15) is 13.6 Å². The number of halogens is 2. The van der Waals surface area contributed by atoms with Gasteiger partial charge in [-0.15, -0.1) is 0 Å². The number of aryl methyl sites for hydroxylation is 1. The third-order valence-corrected chi connectivity index (χ3v) is 4.14. The number of hydrogen-bond donors (Lipinski definition) is 1. The van der Waals surface area contributed by atoms with E-state index in [1.54, 1.807) is 44.6 Å². The highest BCUT2D eigenvalue weighted by Gasteiger charge is 2.08. The van der Waals surface area contributed by atoms with Crippen LogP contribution < -0.4 is 14.8 Å². The molecule has 2 aromatic carbocycles. The number of carbonyl (C=O) groups excluding carboxylic acids is 1. The van der Waals surface area contributed by atoms with Crippen LogP contribution in [0.3, 0.4) is 0 Å². The van der Waals surface area contributed by atoms with E-state index in [4.69, 9.17) is 9.47 Å². The first-order chi connectivity index (χ1) is 12.0. The number of benzene rings is 2. The van der Waals surface area contributed by atoms with E-state index < -0.39 is 5.76 Å². The van der Waals surface area contributed by atoms with Crippen LogP contribution in [-0.4, -0.2) is 25.9 Å². The lowest BCUT2D eigenvalue weighted by Gasteiger charge is -2.09. The fraction of sp³-hybridized carbons (Fsp3) is 0.278. The molecular weight excluding hydrogens is 348 g/mol. The van der Waals surface area contributed by atoms with Crippen molar-refractivity contribution >= 4 is 23.4 Å². The Balaban J connectivity index is 1.90. The molecule has 0 unspecified atom stereocenters. The van der Waals surface area contributed by atoms with Gasteiger partial charge in [0.1, 0.15) is 11.5 Å². The van der Waals surface area contributed by atoms with Crippen LogP contribution in [0.15, 0.2) is 47.4 Å². The summed E-state index contributed by atoms with van der Waals surface area (Å²) in [6.07, 6.45) is 0.808. The van der Waals surface area contributed by atoms with Crippen molar-refractivity contribution in [3.63, 3.8) is 0 Å². The Labute approximate surface area is 149 Å². The molecule has 2 aromatic rings. The van der Waals surface area contributed by atoms with Crippen molar-refractivity contribution in [3.05, 3.63) is 48.0 Å². The maximum Gasteiger partial charge on any atom is 0.288 e. The standard InChI is InChI=1S/C18H19F2NO3S/c1-23-14-9-12(10-15(11-14)24-2)3-8-17(22)21-13-4-6-16(7-5-13)25-18(19)20/h4-7,9-11,18H,3,8H2,1-2H3,(H,21,22). The Kier molecular flexibility index (Phi) is 7.06. The smallest absolute Gasteiger partial charge is 0.288 e. The van der Waals surface area contributed by atoms with Crippen molar-refractivity contribution in [2.24, 2.45) is 0 Å². The minimum absolute atomic E-state index is 0.156. The number of ether oxygens (including phenoxy) is 2. The molecule has 0 atom stereocenters. The largest absolute Gasteiger partial charge is 0.497 e. The molecule has 0 aliphatic heterocycles. The quantitative estimate of drug-likeness (QED) is 0.693. The van der Waals surface area contributed by atoms with Gasteiger partial charge in [0.25, 0.3) is 5.76 Å². The highest BCUT2D eigenvalue weighted by atomic mass is 32.2. The molecule has 0 bridgehead atoms. The van der Waals surface area contributed by atoms with Gasteiger partial charge in [-0.05, 0) is 48.4 Å². The molecule has 0 heterocycles. The van der Waals surface area contributed by atoms with E-state index in [0.717, 1.165) is 5.56 Å². The molecule has 1 amide bonds. The summed E-state index contributed by atoms with van der Waals surface area (Å²) in [5.41, 5.74) is 1.50. The first-order valence-corrected chi connectivity index (χ1v) is 8.45. The number of rotatable bonds is 8. The molecule has 0 saturated carbocycles. The molecule has 0 saturated heterocycles. The molecule has 0 aromatic heterocycles. The van der Waals surface area contributed by atoms with Crippen LogP contribution in [0.1, 0.15) is 12.0 Å². The Bertz CT molecular complexity index is 686. The molecule has 4 nitrogen and oxygen atoms in total. The lowest BCUT2D eigenvalue weighted by molar-refractivity contribution is -0.116. The second kappa shape index (κ2) is 9.27. The van der Waals surface area contributed by atoms with Crippen LogP contribution in [-0.2, 0) is 11.2 Å². The average molecular weight is 367 g/mol. The Morgan fingerprint density at radius 3 is 2.20 bits per heavy atom. The van der Waals surface area contributed by atoms with Crippen molar-refractivity contribution in [1.29, 1.82) is 0 Å². The van der Waals surface area contributed by atoms with Crippen molar-refractivity contribution in [3.8, 4) is 11.5 Å². The molecule has 1 N–H and O–H groups in total. The SMILES string of the molecule is COc1cc(CCC(=O)Nc2ccc(SC(F)F)cc2)cc(OC)c1. The molecule has 0 radical (unpaired) electrons. The fourth-order valence-corrected chi connectivity index (χ4v) is 2.71.